The number of thiophene rings is 1. The molecule has 0 saturated heterocycles. The van der Waals surface area contributed by atoms with Crippen LogP contribution in [0.15, 0.2) is 133 Å². The first-order valence-electron chi connectivity index (χ1n) is 13.4. The third kappa shape index (κ3) is 4.20. The molecule has 0 saturated carbocycles. The number of hydrogen-bond donors (Lipinski definition) is 0. The maximum Gasteiger partial charge on any atom is 0.172 e. The summed E-state index contributed by atoms with van der Waals surface area (Å²) in [6.07, 6.45) is 0. The Hall–Kier alpha value is -4.77. The van der Waals surface area contributed by atoms with Gasteiger partial charge in [-0.2, -0.15) is 0 Å². The lowest BCUT2D eigenvalue weighted by atomic mass is 10.0. The zero-order chi connectivity index (χ0) is 27.3. The summed E-state index contributed by atoms with van der Waals surface area (Å²) < 4.78 is 14.9. The number of fused-ring (bicyclic) bond motifs is 5. The highest BCUT2D eigenvalue weighted by Gasteiger charge is 2.23. The molecule has 1 aromatic heterocycles. The Labute approximate surface area is 246 Å². The fourth-order valence-corrected chi connectivity index (χ4v) is 6.86. The lowest BCUT2D eigenvalue weighted by molar-refractivity contribution is 0.360. The molecule has 1 aliphatic heterocycles. The van der Waals surface area contributed by atoms with Crippen LogP contribution in [0.3, 0.4) is 0 Å². The van der Waals surface area contributed by atoms with Crippen LogP contribution in [0.5, 0.6) is 23.0 Å². The zero-order valence-electron chi connectivity index (χ0n) is 21.8. The standard InChI is InChI=1S/C36H22ClNO2S/c37-25-20-29-28-10-4-7-13-35(28)41-36(29)30(21-25)38(26-16-14-24(15-17-26)23-8-2-1-3-9-23)27-18-19-33-34(22-27)40-32-12-6-5-11-31(32)39-33/h1-22H. The van der Waals surface area contributed by atoms with Gasteiger partial charge in [-0.1, -0.05) is 84.4 Å². The Morgan fingerprint density at radius 1 is 0.512 bits per heavy atom. The minimum Gasteiger partial charge on any atom is -0.450 e. The van der Waals surface area contributed by atoms with Crippen molar-refractivity contribution in [2.75, 3.05) is 4.90 Å². The van der Waals surface area contributed by atoms with E-state index in [1.54, 1.807) is 11.3 Å². The molecule has 196 valence electrons. The van der Waals surface area contributed by atoms with Gasteiger partial charge in [-0.15, -0.1) is 11.3 Å². The lowest BCUT2D eigenvalue weighted by Gasteiger charge is -2.28. The molecule has 0 N–H and O–H groups in total. The summed E-state index contributed by atoms with van der Waals surface area (Å²) in [4.78, 5) is 2.25. The second-order valence-corrected chi connectivity index (χ2v) is 11.4. The largest absolute Gasteiger partial charge is 0.450 e. The molecule has 0 unspecified atom stereocenters. The molecule has 7 aromatic rings. The van der Waals surface area contributed by atoms with Crippen molar-refractivity contribution in [3.8, 4) is 34.1 Å². The minimum absolute atomic E-state index is 0.668. The number of halogens is 1. The van der Waals surface area contributed by atoms with E-state index in [9.17, 15) is 0 Å². The molecule has 0 amide bonds. The van der Waals surface area contributed by atoms with Crippen molar-refractivity contribution in [2.45, 2.75) is 0 Å². The van der Waals surface area contributed by atoms with Crippen LogP contribution in [0, 0.1) is 0 Å². The summed E-state index contributed by atoms with van der Waals surface area (Å²) in [6.45, 7) is 0. The van der Waals surface area contributed by atoms with Crippen LogP contribution in [-0.4, -0.2) is 0 Å². The molecular formula is C36H22ClNO2S. The molecule has 0 fully saturated rings. The lowest BCUT2D eigenvalue weighted by Crippen LogP contribution is -2.11. The van der Waals surface area contributed by atoms with Gasteiger partial charge in [-0.05, 0) is 65.7 Å². The van der Waals surface area contributed by atoms with Crippen molar-refractivity contribution in [1.29, 1.82) is 0 Å². The van der Waals surface area contributed by atoms with Gasteiger partial charge >= 0.3 is 0 Å². The summed E-state index contributed by atoms with van der Waals surface area (Å²) in [6, 6.07) is 45.5. The van der Waals surface area contributed by atoms with Crippen molar-refractivity contribution in [2.24, 2.45) is 0 Å². The number of hydrogen-bond acceptors (Lipinski definition) is 4. The van der Waals surface area contributed by atoms with Gasteiger partial charge in [-0.25, -0.2) is 0 Å². The highest BCUT2D eigenvalue weighted by molar-refractivity contribution is 7.26. The van der Waals surface area contributed by atoms with Crippen LogP contribution in [0.2, 0.25) is 5.02 Å². The molecule has 2 heterocycles. The Kier molecular flexibility index (Phi) is 5.69. The second-order valence-electron chi connectivity index (χ2n) is 9.93. The number of anilines is 3. The molecule has 6 aromatic carbocycles. The first-order valence-corrected chi connectivity index (χ1v) is 14.6. The predicted octanol–water partition coefficient (Wildman–Crippen LogP) is 11.7. The van der Waals surface area contributed by atoms with Gasteiger partial charge in [0.1, 0.15) is 0 Å². The second kappa shape index (κ2) is 9.70. The van der Waals surface area contributed by atoms with Crippen molar-refractivity contribution < 1.29 is 9.47 Å². The molecular weight excluding hydrogens is 546 g/mol. The maximum absolute atomic E-state index is 6.81. The van der Waals surface area contributed by atoms with E-state index in [4.69, 9.17) is 21.1 Å². The summed E-state index contributed by atoms with van der Waals surface area (Å²) in [5, 5.41) is 3.04. The van der Waals surface area contributed by atoms with Gasteiger partial charge in [0.05, 0.1) is 16.1 Å². The first-order chi connectivity index (χ1) is 20.2. The first kappa shape index (κ1) is 24.1. The van der Waals surface area contributed by atoms with Crippen LogP contribution < -0.4 is 14.4 Å². The minimum atomic E-state index is 0.668. The Bertz CT molecular complexity index is 2070. The highest BCUT2D eigenvalue weighted by atomic mass is 35.5. The van der Waals surface area contributed by atoms with E-state index in [-0.39, 0.29) is 0 Å². The van der Waals surface area contributed by atoms with Gasteiger partial charge in [0, 0.05) is 32.2 Å². The normalized spacial score (nSPS) is 11.9. The van der Waals surface area contributed by atoms with Gasteiger partial charge in [-0.3, -0.25) is 0 Å². The summed E-state index contributed by atoms with van der Waals surface area (Å²) in [5.41, 5.74) is 5.31. The van der Waals surface area contributed by atoms with Crippen LogP contribution in [0.1, 0.15) is 0 Å². The fraction of sp³-hybridized carbons (Fsp3) is 0. The quantitative estimate of drug-likeness (QED) is 0.211. The van der Waals surface area contributed by atoms with Crippen molar-refractivity contribution in [1.82, 2.24) is 0 Å². The predicted molar refractivity (Wildman–Crippen MR) is 171 cm³/mol. The fourth-order valence-electron chi connectivity index (χ4n) is 5.46. The summed E-state index contributed by atoms with van der Waals surface area (Å²) >= 11 is 8.59. The number of benzene rings is 6. The SMILES string of the molecule is Clc1cc(N(c2ccc(-c3ccccc3)cc2)c2ccc3c(c2)Oc2ccccc2O3)c2sc3ccccc3c2c1. The summed E-state index contributed by atoms with van der Waals surface area (Å²) in [5.74, 6) is 2.76. The summed E-state index contributed by atoms with van der Waals surface area (Å²) in [7, 11) is 0. The average Bonchev–Trinajstić information content (AvgIpc) is 3.39. The Morgan fingerprint density at radius 3 is 1.95 bits per heavy atom. The maximum atomic E-state index is 6.81. The number of ether oxygens (including phenoxy) is 2. The van der Waals surface area contributed by atoms with E-state index in [0.717, 1.165) is 28.0 Å². The third-order valence-corrected chi connectivity index (χ3v) is 8.80. The Morgan fingerprint density at radius 2 is 1.15 bits per heavy atom. The van der Waals surface area contributed by atoms with E-state index in [1.807, 2.05) is 42.5 Å². The number of nitrogens with zero attached hydrogens (tertiary/aromatic N) is 1. The van der Waals surface area contributed by atoms with E-state index < -0.39 is 0 Å². The highest BCUT2D eigenvalue weighted by Crippen LogP contribution is 2.50. The van der Waals surface area contributed by atoms with Crippen LogP contribution in [0.4, 0.5) is 17.1 Å². The van der Waals surface area contributed by atoms with E-state index in [2.05, 4.69) is 95.9 Å². The average molecular weight is 568 g/mol. The Balaban J connectivity index is 1.32. The molecule has 0 bridgehead atoms. The van der Waals surface area contributed by atoms with Crippen LogP contribution in [0.25, 0.3) is 31.3 Å². The number of rotatable bonds is 4. The molecule has 41 heavy (non-hydrogen) atoms. The number of para-hydroxylation sites is 2. The van der Waals surface area contributed by atoms with Gasteiger partial charge in [0.15, 0.2) is 23.0 Å². The van der Waals surface area contributed by atoms with E-state index >= 15 is 0 Å². The van der Waals surface area contributed by atoms with Crippen molar-refractivity contribution >= 4 is 60.2 Å². The molecule has 0 radical (unpaired) electrons. The molecule has 5 heteroatoms. The van der Waals surface area contributed by atoms with Crippen molar-refractivity contribution in [3.63, 3.8) is 0 Å². The van der Waals surface area contributed by atoms with Gasteiger partial charge < -0.3 is 14.4 Å². The molecule has 1 aliphatic rings. The van der Waals surface area contributed by atoms with Crippen LogP contribution >= 0.6 is 22.9 Å². The smallest absolute Gasteiger partial charge is 0.172 e. The van der Waals surface area contributed by atoms with Crippen LogP contribution in [-0.2, 0) is 0 Å². The monoisotopic (exact) mass is 567 g/mol. The topological polar surface area (TPSA) is 21.7 Å². The third-order valence-electron chi connectivity index (χ3n) is 7.37. The van der Waals surface area contributed by atoms with Gasteiger partial charge in [0.2, 0.25) is 0 Å². The zero-order valence-corrected chi connectivity index (χ0v) is 23.3. The molecule has 0 spiro atoms. The molecule has 8 rings (SSSR count). The molecule has 0 atom stereocenters. The van der Waals surface area contributed by atoms with Gasteiger partial charge in [0.25, 0.3) is 0 Å². The van der Waals surface area contributed by atoms with E-state index in [0.29, 0.717) is 28.0 Å². The molecule has 0 aliphatic carbocycles. The van der Waals surface area contributed by atoms with E-state index in [1.165, 1.54) is 20.3 Å². The molecule has 3 nitrogen and oxygen atoms in total. The van der Waals surface area contributed by atoms with Crippen molar-refractivity contribution in [3.05, 3.63) is 138 Å².